The van der Waals surface area contributed by atoms with Crippen LogP contribution in [0.5, 0.6) is 0 Å². The van der Waals surface area contributed by atoms with E-state index >= 15 is 0 Å². The minimum absolute atomic E-state index is 0.0630. The Balaban J connectivity index is 1.11. The first-order chi connectivity index (χ1) is 24.0. The molecule has 2 aromatic rings. The molecule has 0 bridgehead atoms. The first-order valence-electron chi connectivity index (χ1n) is 18.6. The van der Waals surface area contributed by atoms with Gasteiger partial charge in [0.25, 0.3) is 0 Å². The van der Waals surface area contributed by atoms with Gasteiger partial charge in [-0.3, -0.25) is 0 Å². The van der Waals surface area contributed by atoms with Crippen LogP contribution in [0.15, 0.2) is 60.7 Å². The van der Waals surface area contributed by atoms with E-state index in [2.05, 4.69) is 31.2 Å². The van der Waals surface area contributed by atoms with Crippen molar-refractivity contribution in [3.63, 3.8) is 0 Å². The Bertz CT molecular complexity index is 1310. The van der Waals surface area contributed by atoms with E-state index in [0.717, 1.165) is 49.4 Å². The monoisotopic (exact) mass is 730 g/mol. The molecule has 0 spiro atoms. The van der Waals surface area contributed by atoms with Crippen molar-refractivity contribution < 1.29 is 38.3 Å². The standard InChI is InChI=1S/C40H58O8S2/c1-28-31(19-12-13-20-42-25-29-15-8-6-9-16-29)46-39(4,5)47-34(28)24-40(49-21-14-22-50-40)37(41)33-23-32(43-26-30-17-10-7-11-18-30)36-35(45-33)27-44-38(2,3)48-36/h6-11,15-18,28,31-37,41H,12-14,19-27H2,1-5H3/t28-,31+,32+,33+,34-,35+,36-,37-/m0/s1. The number of aliphatic hydroxyl groups is 1. The summed E-state index contributed by atoms with van der Waals surface area (Å²) in [5.74, 6) is 0.711. The number of ether oxygens (including phenoxy) is 7. The molecule has 0 aliphatic carbocycles. The Kier molecular flexibility index (Phi) is 13.3. The van der Waals surface area contributed by atoms with Crippen molar-refractivity contribution in [3.8, 4) is 0 Å². The van der Waals surface area contributed by atoms with Gasteiger partial charge in [0, 0.05) is 25.4 Å². The summed E-state index contributed by atoms with van der Waals surface area (Å²) in [4.78, 5) is 0. The first kappa shape index (κ1) is 38.5. The van der Waals surface area contributed by atoms with E-state index < -0.39 is 27.9 Å². The lowest BCUT2D eigenvalue weighted by Crippen LogP contribution is -2.63. The Morgan fingerprint density at radius 3 is 2.20 bits per heavy atom. The molecule has 8 atom stereocenters. The maximum Gasteiger partial charge on any atom is 0.163 e. The molecular weight excluding hydrogens is 673 g/mol. The van der Waals surface area contributed by atoms with Crippen LogP contribution < -0.4 is 0 Å². The number of hydrogen-bond acceptors (Lipinski definition) is 10. The van der Waals surface area contributed by atoms with Gasteiger partial charge >= 0.3 is 0 Å². The van der Waals surface area contributed by atoms with Gasteiger partial charge in [-0.15, -0.1) is 23.5 Å². The highest BCUT2D eigenvalue weighted by Gasteiger charge is 2.55. The Labute approximate surface area is 308 Å². The molecule has 4 heterocycles. The molecule has 0 amide bonds. The number of unbranched alkanes of at least 4 members (excludes halogenated alkanes) is 1. The van der Waals surface area contributed by atoms with Gasteiger partial charge in [0.15, 0.2) is 11.6 Å². The van der Waals surface area contributed by atoms with E-state index in [-0.39, 0.29) is 36.4 Å². The van der Waals surface area contributed by atoms with Crippen molar-refractivity contribution in [2.24, 2.45) is 5.92 Å². The van der Waals surface area contributed by atoms with Crippen molar-refractivity contribution >= 4 is 23.5 Å². The van der Waals surface area contributed by atoms with Gasteiger partial charge in [0.2, 0.25) is 0 Å². The van der Waals surface area contributed by atoms with Crippen LogP contribution in [-0.4, -0.2) is 88.2 Å². The maximum atomic E-state index is 12.5. The lowest BCUT2D eigenvalue weighted by atomic mass is 9.86. The molecule has 2 aromatic carbocycles. The average molecular weight is 731 g/mol. The van der Waals surface area contributed by atoms with E-state index in [4.69, 9.17) is 33.2 Å². The van der Waals surface area contributed by atoms with E-state index in [1.807, 2.05) is 87.6 Å². The lowest BCUT2D eigenvalue weighted by molar-refractivity contribution is -0.352. The molecule has 0 radical (unpaired) electrons. The van der Waals surface area contributed by atoms with Crippen LogP contribution in [-0.2, 0) is 46.4 Å². The largest absolute Gasteiger partial charge is 0.388 e. The second-order valence-electron chi connectivity index (χ2n) is 15.2. The van der Waals surface area contributed by atoms with Crippen LogP contribution in [0, 0.1) is 5.92 Å². The number of hydrogen-bond donors (Lipinski definition) is 1. The Hall–Kier alpha value is -1.18. The number of fused-ring (bicyclic) bond motifs is 1. The van der Waals surface area contributed by atoms with E-state index in [1.165, 1.54) is 5.56 Å². The van der Waals surface area contributed by atoms with Crippen LogP contribution in [0.25, 0.3) is 0 Å². The molecule has 50 heavy (non-hydrogen) atoms. The van der Waals surface area contributed by atoms with Crippen LogP contribution in [0.3, 0.4) is 0 Å². The Morgan fingerprint density at radius 1 is 0.840 bits per heavy atom. The highest BCUT2D eigenvalue weighted by atomic mass is 32.2. The number of aliphatic hydroxyl groups excluding tert-OH is 1. The zero-order valence-corrected chi connectivity index (χ0v) is 32.1. The van der Waals surface area contributed by atoms with Crippen LogP contribution in [0.4, 0.5) is 0 Å². The summed E-state index contributed by atoms with van der Waals surface area (Å²) in [6.45, 7) is 12.4. The third-order valence-electron chi connectivity index (χ3n) is 10.3. The van der Waals surface area contributed by atoms with Crippen molar-refractivity contribution in [2.45, 2.75) is 145 Å². The molecule has 278 valence electrons. The summed E-state index contributed by atoms with van der Waals surface area (Å²) < 4.78 is 44.5. The number of rotatable bonds is 14. The van der Waals surface area contributed by atoms with E-state index in [0.29, 0.717) is 32.7 Å². The molecule has 0 saturated carbocycles. The zero-order chi connectivity index (χ0) is 35.2. The quantitative estimate of drug-likeness (QED) is 0.195. The third kappa shape index (κ3) is 10.1. The summed E-state index contributed by atoms with van der Waals surface area (Å²) in [6, 6.07) is 20.5. The number of benzene rings is 2. The SMILES string of the molecule is C[C@@H]1[C@H](CC2([C@@H](O)[C@H]3C[C@@H](OCc4ccccc4)[C@@H]4OC(C)(C)OC[C@H]4O3)SCCCS2)OC(C)(C)O[C@@H]1CCCCOCc1ccccc1. The summed E-state index contributed by atoms with van der Waals surface area (Å²) in [7, 11) is 0. The van der Waals surface area contributed by atoms with Gasteiger partial charge in [-0.1, -0.05) is 67.6 Å². The first-order valence-corrected chi connectivity index (χ1v) is 20.6. The predicted octanol–water partition coefficient (Wildman–Crippen LogP) is 7.74. The van der Waals surface area contributed by atoms with Crippen molar-refractivity contribution in [1.82, 2.24) is 0 Å². The van der Waals surface area contributed by atoms with Crippen molar-refractivity contribution in [3.05, 3.63) is 71.8 Å². The zero-order valence-electron chi connectivity index (χ0n) is 30.5. The highest BCUT2D eigenvalue weighted by molar-refractivity contribution is 8.18. The van der Waals surface area contributed by atoms with Crippen molar-refractivity contribution in [2.75, 3.05) is 24.7 Å². The third-order valence-corrected chi connectivity index (χ3v) is 13.8. The fraction of sp³-hybridized carbons (Fsp3) is 0.700. The normalized spacial score (nSPS) is 32.6. The van der Waals surface area contributed by atoms with Crippen LogP contribution in [0.1, 0.15) is 84.3 Å². The lowest BCUT2D eigenvalue weighted by Gasteiger charge is -2.53. The van der Waals surface area contributed by atoms with Gasteiger partial charge in [-0.2, -0.15) is 0 Å². The van der Waals surface area contributed by atoms with Gasteiger partial charge < -0.3 is 38.3 Å². The number of thioether (sulfide) groups is 2. The minimum Gasteiger partial charge on any atom is -0.388 e. The van der Waals surface area contributed by atoms with Gasteiger partial charge in [-0.25, -0.2) is 0 Å². The molecule has 4 aliphatic heterocycles. The fourth-order valence-electron chi connectivity index (χ4n) is 7.67. The highest BCUT2D eigenvalue weighted by Crippen LogP contribution is 2.53. The summed E-state index contributed by atoms with van der Waals surface area (Å²) in [5.41, 5.74) is 2.31. The van der Waals surface area contributed by atoms with Gasteiger partial charge in [0.1, 0.15) is 18.3 Å². The average Bonchev–Trinajstić information content (AvgIpc) is 3.11. The minimum atomic E-state index is -0.738. The summed E-state index contributed by atoms with van der Waals surface area (Å²) in [5, 5.41) is 12.5. The summed E-state index contributed by atoms with van der Waals surface area (Å²) >= 11 is 3.73. The molecule has 8 nitrogen and oxygen atoms in total. The maximum absolute atomic E-state index is 12.5. The molecule has 4 saturated heterocycles. The van der Waals surface area contributed by atoms with Crippen LogP contribution in [0.2, 0.25) is 0 Å². The van der Waals surface area contributed by atoms with E-state index in [1.54, 1.807) is 0 Å². The molecular formula is C40H58O8S2. The predicted molar refractivity (Wildman–Crippen MR) is 199 cm³/mol. The van der Waals surface area contributed by atoms with Crippen molar-refractivity contribution in [1.29, 1.82) is 0 Å². The fourth-order valence-corrected chi connectivity index (χ4v) is 11.2. The molecule has 4 fully saturated rings. The molecule has 0 aromatic heterocycles. The van der Waals surface area contributed by atoms with Gasteiger partial charge in [-0.05, 0) is 76.0 Å². The molecule has 10 heteroatoms. The van der Waals surface area contributed by atoms with E-state index in [9.17, 15) is 5.11 Å². The van der Waals surface area contributed by atoms with Crippen LogP contribution >= 0.6 is 23.5 Å². The molecule has 6 rings (SSSR count). The summed E-state index contributed by atoms with van der Waals surface area (Å²) in [6.07, 6.45) is 3.28. The van der Waals surface area contributed by atoms with Gasteiger partial charge in [0.05, 0.1) is 48.3 Å². The second-order valence-corrected chi connectivity index (χ2v) is 18.3. The smallest absolute Gasteiger partial charge is 0.163 e. The second kappa shape index (κ2) is 17.3. The molecule has 1 N–H and O–H groups in total. The topological polar surface area (TPSA) is 84.8 Å². The molecule has 4 aliphatic rings. The Morgan fingerprint density at radius 2 is 1.50 bits per heavy atom. The molecule has 0 unspecified atom stereocenters.